The molecule has 2 aromatic carbocycles. The fourth-order valence-corrected chi connectivity index (χ4v) is 3.25. The highest BCUT2D eigenvalue weighted by Crippen LogP contribution is 2.34. The molecule has 0 spiro atoms. The van der Waals surface area contributed by atoms with E-state index >= 15 is 0 Å². The van der Waals surface area contributed by atoms with Crippen LogP contribution in [0.2, 0.25) is 0 Å². The zero-order valence-electron chi connectivity index (χ0n) is 14.5. The quantitative estimate of drug-likeness (QED) is 0.859. The maximum absolute atomic E-state index is 12.9. The fourth-order valence-electron chi connectivity index (χ4n) is 3.25. The summed E-state index contributed by atoms with van der Waals surface area (Å²) >= 11 is 0. The lowest BCUT2D eigenvalue weighted by Gasteiger charge is -2.25. The Labute approximate surface area is 143 Å². The van der Waals surface area contributed by atoms with Gasteiger partial charge in [-0.15, -0.1) is 0 Å². The molecule has 126 valence electrons. The van der Waals surface area contributed by atoms with Crippen molar-refractivity contribution in [3.63, 3.8) is 0 Å². The molecule has 0 radical (unpaired) electrons. The van der Waals surface area contributed by atoms with Crippen LogP contribution in [0, 0.1) is 0 Å². The summed E-state index contributed by atoms with van der Waals surface area (Å²) in [4.78, 5) is 16.9. The maximum Gasteiger partial charge on any atom is 0.254 e. The fraction of sp³-hybridized carbons (Fsp3) is 0.350. The van der Waals surface area contributed by atoms with Crippen LogP contribution in [0.1, 0.15) is 34.8 Å². The second-order valence-electron chi connectivity index (χ2n) is 6.37. The number of rotatable bonds is 4. The van der Waals surface area contributed by atoms with E-state index in [0.717, 1.165) is 36.4 Å². The molecular formula is C20H24N2O2. The molecule has 1 saturated heterocycles. The average Bonchev–Trinajstić information content (AvgIpc) is 3.11. The largest absolute Gasteiger partial charge is 0.497 e. The summed E-state index contributed by atoms with van der Waals surface area (Å²) in [5.41, 5.74) is 3.02. The number of amides is 1. The molecule has 1 amide bonds. The van der Waals surface area contributed by atoms with Gasteiger partial charge in [0.05, 0.1) is 13.2 Å². The molecule has 0 aliphatic carbocycles. The Bertz CT molecular complexity index is 693. The molecule has 1 aliphatic heterocycles. The Morgan fingerprint density at radius 3 is 2.33 bits per heavy atom. The summed E-state index contributed by atoms with van der Waals surface area (Å²) in [5, 5.41) is 0. The average molecular weight is 324 g/mol. The lowest BCUT2D eigenvalue weighted by Crippen LogP contribution is -2.30. The Kier molecular flexibility index (Phi) is 4.74. The van der Waals surface area contributed by atoms with Crippen molar-refractivity contribution in [2.24, 2.45) is 0 Å². The Morgan fingerprint density at radius 1 is 1.08 bits per heavy atom. The van der Waals surface area contributed by atoms with Crippen molar-refractivity contribution in [1.29, 1.82) is 0 Å². The zero-order valence-corrected chi connectivity index (χ0v) is 14.5. The number of carbonyl (C=O) groups excluding carboxylic acids is 1. The van der Waals surface area contributed by atoms with Crippen LogP contribution in [-0.4, -0.2) is 38.6 Å². The van der Waals surface area contributed by atoms with Crippen molar-refractivity contribution < 1.29 is 9.53 Å². The van der Waals surface area contributed by atoms with Gasteiger partial charge in [-0.1, -0.05) is 12.1 Å². The first-order chi connectivity index (χ1) is 11.6. The molecule has 1 aliphatic rings. The number of benzene rings is 2. The zero-order chi connectivity index (χ0) is 17.1. The third-order valence-corrected chi connectivity index (χ3v) is 4.64. The van der Waals surface area contributed by atoms with Crippen LogP contribution in [-0.2, 0) is 0 Å². The lowest BCUT2D eigenvalue weighted by atomic mass is 10.0. The molecule has 24 heavy (non-hydrogen) atoms. The summed E-state index contributed by atoms with van der Waals surface area (Å²) < 4.78 is 5.22. The molecule has 4 heteroatoms. The molecule has 0 N–H and O–H groups in total. The van der Waals surface area contributed by atoms with Gasteiger partial charge in [0, 0.05) is 31.9 Å². The van der Waals surface area contributed by atoms with Crippen molar-refractivity contribution in [2.75, 3.05) is 32.6 Å². The van der Waals surface area contributed by atoms with E-state index in [1.165, 1.54) is 5.56 Å². The van der Waals surface area contributed by atoms with Crippen LogP contribution in [0.3, 0.4) is 0 Å². The minimum absolute atomic E-state index is 0.110. The number of nitrogens with zero attached hydrogens (tertiary/aromatic N) is 2. The van der Waals surface area contributed by atoms with E-state index in [-0.39, 0.29) is 11.9 Å². The Morgan fingerprint density at radius 2 is 1.75 bits per heavy atom. The van der Waals surface area contributed by atoms with E-state index in [1.807, 2.05) is 60.3 Å². The molecule has 1 fully saturated rings. The van der Waals surface area contributed by atoms with Gasteiger partial charge in [0.25, 0.3) is 5.91 Å². The van der Waals surface area contributed by atoms with Crippen molar-refractivity contribution >= 4 is 11.6 Å². The van der Waals surface area contributed by atoms with Gasteiger partial charge < -0.3 is 14.5 Å². The minimum atomic E-state index is 0.110. The number of hydrogen-bond donors (Lipinski definition) is 0. The molecule has 3 rings (SSSR count). The van der Waals surface area contributed by atoms with Gasteiger partial charge in [0.2, 0.25) is 0 Å². The highest BCUT2D eigenvalue weighted by Gasteiger charge is 2.30. The normalized spacial score (nSPS) is 17.0. The van der Waals surface area contributed by atoms with Crippen LogP contribution < -0.4 is 9.64 Å². The second-order valence-corrected chi connectivity index (χ2v) is 6.37. The summed E-state index contributed by atoms with van der Waals surface area (Å²) in [6.45, 7) is 0.810. The SMILES string of the molecule is COc1ccc([C@@H]2CCCN2C(=O)c2ccc(N(C)C)cc2)cc1. The molecule has 0 aromatic heterocycles. The standard InChI is InChI=1S/C20H24N2O2/c1-21(2)17-10-6-16(7-11-17)20(23)22-14-4-5-19(22)15-8-12-18(24-3)13-9-15/h6-13,19H,4-5,14H2,1-3H3/t19-/m0/s1. The van der Waals surface area contributed by atoms with Crippen molar-refractivity contribution in [3.8, 4) is 5.75 Å². The Hall–Kier alpha value is -2.49. The van der Waals surface area contributed by atoms with Gasteiger partial charge >= 0.3 is 0 Å². The highest BCUT2D eigenvalue weighted by molar-refractivity contribution is 5.95. The van der Waals surface area contributed by atoms with Crippen LogP contribution in [0.15, 0.2) is 48.5 Å². The molecule has 0 saturated carbocycles. The van der Waals surface area contributed by atoms with Gasteiger partial charge in [-0.25, -0.2) is 0 Å². The molecule has 2 aromatic rings. The first-order valence-electron chi connectivity index (χ1n) is 8.32. The third-order valence-electron chi connectivity index (χ3n) is 4.64. The molecule has 0 bridgehead atoms. The van der Waals surface area contributed by atoms with Crippen molar-refractivity contribution in [3.05, 3.63) is 59.7 Å². The molecular weight excluding hydrogens is 300 g/mol. The first-order valence-corrected chi connectivity index (χ1v) is 8.32. The van der Waals surface area contributed by atoms with E-state index in [4.69, 9.17) is 4.74 Å². The van der Waals surface area contributed by atoms with E-state index in [9.17, 15) is 4.79 Å². The van der Waals surface area contributed by atoms with Gasteiger partial charge in [-0.2, -0.15) is 0 Å². The van der Waals surface area contributed by atoms with E-state index in [0.29, 0.717) is 0 Å². The monoisotopic (exact) mass is 324 g/mol. The van der Waals surface area contributed by atoms with Crippen LogP contribution in [0.25, 0.3) is 0 Å². The molecule has 4 nitrogen and oxygen atoms in total. The number of anilines is 1. The summed E-state index contributed by atoms with van der Waals surface area (Å²) in [6, 6.07) is 16.0. The van der Waals surface area contributed by atoms with Gasteiger partial charge in [-0.05, 0) is 54.8 Å². The predicted molar refractivity (Wildman–Crippen MR) is 96.8 cm³/mol. The second kappa shape index (κ2) is 6.95. The van der Waals surface area contributed by atoms with Crippen molar-refractivity contribution in [1.82, 2.24) is 4.90 Å². The number of methoxy groups -OCH3 is 1. The summed E-state index contributed by atoms with van der Waals surface area (Å²) in [6.07, 6.45) is 2.05. The smallest absolute Gasteiger partial charge is 0.254 e. The summed E-state index contributed by atoms with van der Waals surface area (Å²) in [5.74, 6) is 0.951. The van der Waals surface area contributed by atoms with E-state index in [2.05, 4.69) is 12.1 Å². The Balaban J connectivity index is 1.80. The number of carbonyl (C=O) groups is 1. The number of ether oxygens (including phenoxy) is 1. The van der Waals surface area contributed by atoms with Crippen LogP contribution in [0.5, 0.6) is 5.75 Å². The molecule has 1 atom stereocenters. The van der Waals surface area contributed by atoms with Crippen LogP contribution in [0.4, 0.5) is 5.69 Å². The first kappa shape index (κ1) is 16.4. The molecule has 1 heterocycles. The van der Waals surface area contributed by atoms with E-state index in [1.54, 1.807) is 7.11 Å². The lowest BCUT2D eigenvalue weighted by molar-refractivity contribution is 0.0735. The van der Waals surface area contributed by atoms with Crippen molar-refractivity contribution in [2.45, 2.75) is 18.9 Å². The maximum atomic E-state index is 12.9. The number of likely N-dealkylation sites (tertiary alicyclic amines) is 1. The van der Waals surface area contributed by atoms with Gasteiger partial charge in [0.15, 0.2) is 0 Å². The molecule has 0 unspecified atom stereocenters. The summed E-state index contributed by atoms with van der Waals surface area (Å²) in [7, 11) is 5.66. The minimum Gasteiger partial charge on any atom is -0.497 e. The van der Waals surface area contributed by atoms with E-state index < -0.39 is 0 Å². The number of hydrogen-bond acceptors (Lipinski definition) is 3. The predicted octanol–water partition coefficient (Wildman–Crippen LogP) is 3.74. The van der Waals surface area contributed by atoms with Gasteiger partial charge in [0.1, 0.15) is 5.75 Å². The van der Waals surface area contributed by atoms with Crippen LogP contribution >= 0.6 is 0 Å². The topological polar surface area (TPSA) is 32.8 Å². The third kappa shape index (κ3) is 3.23. The highest BCUT2D eigenvalue weighted by atomic mass is 16.5. The van der Waals surface area contributed by atoms with Gasteiger partial charge in [-0.3, -0.25) is 4.79 Å².